The van der Waals surface area contributed by atoms with E-state index in [2.05, 4.69) is 25.7 Å². The second-order valence-corrected chi connectivity index (χ2v) is 5.87. The van der Waals surface area contributed by atoms with Gasteiger partial charge < -0.3 is 4.42 Å². The highest BCUT2D eigenvalue weighted by molar-refractivity contribution is 7.98. The first kappa shape index (κ1) is 12.4. The summed E-state index contributed by atoms with van der Waals surface area (Å²) in [5.41, 5.74) is 0. The molecule has 0 aliphatic heterocycles. The number of hydrogen-bond donors (Lipinski definition) is 1. The summed E-state index contributed by atoms with van der Waals surface area (Å²) in [7, 11) is 1.79. The molecule has 5 heteroatoms. The van der Waals surface area contributed by atoms with Crippen LogP contribution in [0.5, 0.6) is 0 Å². The zero-order valence-corrected chi connectivity index (χ0v) is 10.6. The maximum absolute atomic E-state index is 5.38. The second-order valence-electron chi connectivity index (χ2n) is 4.27. The lowest BCUT2D eigenvalue weighted by Gasteiger charge is -2.20. The molecule has 0 bridgehead atoms. The van der Waals surface area contributed by atoms with Gasteiger partial charge in [0.1, 0.15) is 5.76 Å². The topological polar surface area (TPSA) is 37.6 Å². The number of hydrogen-bond acceptors (Lipinski definition) is 5. The minimum Gasteiger partial charge on any atom is -0.444 e. The fourth-order valence-electron chi connectivity index (χ4n) is 0.835. The summed E-state index contributed by atoms with van der Waals surface area (Å²) in [6.45, 7) is 8.20. The first-order valence-corrected chi connectivity index (χ1v) is 5.60. The van der Waals surface area contributed by atoms with Crippen LogP contribution in [-0.4, -0.2) is 11.8 Å². The van der Waals surface area contributed by atoms with Crippen LogP contribution in [0.15, 0.2) is 16.5 Å². The molecule has 0 atom stereocenters. The van der Waals surface area contributed by atoms with E-state index < -0.39 is 0 Å². The highest BCUT2D eigenvalue weighted by Gasteiger charge is 2.12. The molecule has 0 radical (unpaired) electrons. The molecule has 0 spiro atoms. The highest BCUT2D eigenvalue weighted by atomic mass is 32.2. The molecule has 0 unspecified atom stereocenters. The van der Waals surface area contributed by atoms with E-state index in [0.717, 1.165) is 5.76 Å². The SMILES string of the molecule is Cc1ccc(N(C)ONSC(C)(C)C)o1. The van der Waals surface area contributed by atoms with Crippen LogP contribution >= 0.6 is 11.9 Å². The van der Waals surface area contributed by atoms with E-state index in [9.17, 15) is 0 Å². The van der Waals surface area contributed by atoms with Crippen LogP contribution in [0, 0.1) is 6.92 Å². The summed E-state index contributed by atoms with van der Waals surface area (Å²) >= 11 is 1.51. The lowest BCUT2D eigenvalue weighted by atomic mass is 10.3. The molecule has 0 aromatic carbocycles. The van der Waals surface area contributed by atoms with Crippen molar-refractivity contribution in [1.29, 1.82) is 0 Å². The Labute approximate surface area is 95.0 Å². The standard InChI is InChI=1S/C10H18N2O2S/c1-8-6-7-9(13-8)12(5)14-11-15-10(2,3)4/h6-7,11H,1-5H3. The van der Waals surface area contributed by atoms with E-state index in [-0.39, 0.29) is 4.75 Å². The number of hydroxylamine groups is 1. The van der Waals surface area contributed by atoms with Crippen molar-refractivity contribution in [2.45, 2.75) is 32.4 Å². The summed E-state index contributed by atoms with van der Waals surface area (Å²) < 4.78 is 5.49. The van der Waals surface area contributed by atoms with Crippen LogP contribution < -0.4 is 9.95 Å². The average Bonchev–Trinajstić information content (AvgIpc) is 2.49. The van der Waals surface area contributed by atoms with Crippen molar-refractivity contribution in [3.8, 4) is 0 Å². The van der Waals surface area contributed by atoms with E-state index in [1.54, 1.807) is 12.1 Å². The number of nitrogens with zero attached hydrogens (tertiary/aromatic N) is 1. The lowest BCUT2D eigenvalue weighted by Crippen LogP contribution is -2.26. The van der Waals surface area contributed by atoms with Gasteiger partial charge in [0.25, 0.3) is 0 Å². The van der Waals surface area contributed by atoms with E-state index in [1.807, 2.05) is 19.1 Å². The Bertz CT molecular complexity index is 307. The normalized spacial score (nSPS) is 11.8. The Kier molecular flexibility index (Phi) is 4.07. The van der Waals surface area contributed by atoms with Crippen molar-refractivity contribution >= 4 is 17.8 Å². The van der Waals surface area contributed by atoms with Gasteiger partial charge in [0.15, 0.2) is 0 Å². The highest BCUT2D eigenvalue weighted by Crippen LogP contribution is 2.21. The molecule has 1 N–H and O–H groups in total. The quantitative estimate of drug-likeness (QED) is 0.636. The van der Waals surface area contributed by atoms with Gasteiger partial charge in [-0.3, -0.25) is 0 Å². The number of nitrogens with one attached hydrogen (secondary N) is 1. The van der Waals surface area contributed by atoms with Gasteiger partial charge in [-0.15, -0.1) is 4.89 Å². The van der Waals surface area contributed by atoms with Crippen molar-refractivity contribution in [2.75, 3.05) is 12.1 Å². The predicted octanol–water partition coefficient (Wildman–Crippen LogP) is 2.91. The van der Waals surface area contributed by atoms with Crippen LogP contribution in [0.2, 0.25) is 0 Å². The van der Waals surface area contributed by atoms with E-state index >= 15 is 0 Å². The van der Waals surface area contributed by atoms with Gasteiger partial charge in [0.2, 0.25) is 5.88 Å². The monoisotopic (exact) mass is 230 g/mol. The van der Waals surface area contributed by atoms with E-state index in [4.69, 9.17) is 9.36 Å². The first-order chi connectivity index (χ1) is 6.88. The Morgan fingerprint density at radius 3 is 2.53 bits per heavy atom. The van der Waals surface area contributed by atoms with Crippen LogP contribution in [-0.2, 0) is 4.94 Å². The molecular weight excluding hydrogens is 212 g/mol. The average molecular weight is 230 g/mol. The first-order valence-electron chi connectivity index (χ1n) is 4.78. The summed E-state index contributed by atoms with van der Waals surface area (Å²) in [5, 5.41) is 1.55. The van der Waals surface area contributed by atoms with Gasteiger partial charge in [-0.25, -0.2) is 5.06 Å². The second kappa shape index (κ2) is 4.92. The van der Waals surface area contributed by atoms with Gasteiger partial charge >= 0.3 is 0 Å². The summed E-state index contributed by atoms with van der Waals surface area (Å²) in [5.74, 6) is 1.54. The minimum absolute atomic E-state index is 0.111. The van der Waals surface area contributed by atoms with Crippen LogP contribution in [0.3, 0.4) is 0 Å². The number of rotatable bonds is 4. The fourth-order valence-corrected chi connectivity index (χ4v) is 1.23. The Morgan fingerprint density at radius 1 is 1.40 bits per heavy atom. The third-order valence-corrected chi connectivity index (χ3v) is 2.33. The van der Waals surface area contributed by atoms with Crippen molar-refractivity contribution in [3.63, 3.8) is 0 Å². The summed E-state index contributed by atoms with van der Waals surface area (Å²) in [6, 6.07) is 3.75. The van der Waals surface area contributed by atoms with Gasteiger partial charge in [-0.1, -0.05) is 0 Å². The van der Waals surface area contributed by atoms with Crippen molar-refractivity contribution in [1.82, 2.24) is 4.89 Å². The van der Waals surface area contributed by atoms with E-state index in [0.29, 0.717) is 5.88 Å². The Morgan fingerprint density at radius 2 is 2.07 bits per heavy atom. The Balaban J connectivity index is 2.34. The van der Waals surface area contributed by atoms with Crippen molar-refractivity contribution in [2.24, 2.45) is 0 Å². The number of furan rings is 1. The maximum atomic E-state index is 5.38. The summed E-state index contributed by atoms with van der Waals surface area (Å²) in [6.07, 6.45) is 0. The van der Waals surface area contributed by atoms with Crippen molar-refractivity contribution < 1.29 is 9.36 Å². The predicted molar refractivity (Wildman–Crippen MR) is 63.4 cm³/mol. The molecule has 0 aliphatic rings. The minimum atomic E-state index is 0.111. The zero-order chi connectivity index (χ0) is 11.5. The Hall–Kier alpha value is -0.650. The molecule has 0 aliphatic carbocycles. The van der Waals surface area contributed by atoms with Crippen LogP contribution in [0.1, 0.15) is 26.5 Å². The van der Waals surface area contributed by atoms with Crippen molar-refractivity contribution in [3.05, 3.63) is 17.9 Å². The van der Waals surface area contributed by atoms with Gasteiger partial charge in [0, 0.05) is 17.9 Å². The molecule has 0 saturated carbocycles. The molecule has 0 saturated heterocycles. The third-order valence-electron chi connectivity index (χ3n) is 1.56. The lowest BCUT2D eigenvalue weighted by molar-refractivity contribution is 0.0787. The van der Waals surface area contributed by atoms with Crippen LogP contribution in [0.4, 0.5) is 5.88 Å². The molecule has 0 amide bonds. The molecule has 86 valence electrons. The van der Waals surface area contributed by atoms with Gasteiger partial charge in [-0.2, -0.15) is 4.94 Å². The van der Waals surface area contributed by atoms with Crippen LogP contribution in [0.25, 0.3) is 0 Å². The summed E-state index contributed by atoms with van der Waals surface area (Å²) in [4.78, 5) is 8.09. The third kappa shape index (κ3) is 4.59. The maximum Gasteiger partial charge on any atom is 0.220 e. The molecule has 1 aromatic rings. The van der Waals surface area contributed by atoms with Gasteiger partial charge in [0.05, 0.1) is 0 Å². The number of anilines is 1. The zero-order valence-electron chi connectivity index (χ0n) is 9.83. The number of aryl methyl sites for hydroxylation is 1. The molecule has 1 rings (SSSR count). The largest absolute Gasteiger partial charge is 0.444 e. The molecule has 4 nitrogen and oxygen atoms in total. The molecule has 1 heterocycles. The molecular formula is C10H18N2O2S. The molecule has 0 fully saturated rings. The van der Waals surface area contributed by atoms with Gasteiger partial charge in [-0.05, 0) is 45.7 Å². The fraction of sp³-hybridized carbons (Fsp3) is 0.600. The molecule has 15 heavy (non-hydrogen) atoms. The molecule has 1 aromatic heterocycles. The smallest absolute Gasteiger partial charge is 0.220 e. The van der Waals surface area contributed by atoms with E-state index in [1.165, 1.54) is 11.9 Å².